The summed E-state index contributed by atoms with van der Waals surface area (Å²) >= 11 is 1.55. The molecule has 0 unspecified atom stereocenters. The number of thiophene rings is 1. The maximum absolute atomic E-state index is 10.2. The van der Waals surface area contributed by atoms with Crippen molar-refractivity contribution in [2.45, 2.75) is 88.8 Å². The van der Waals surface area contributed by atoms with Gasteiger partial charge in [0, 0.05) is 22.7 Å². The summed E-state index contributed by atoms with van der Waals surface area (Å²) in [6.07, 6.45) is 11.3. The highest BCUT2D eigenvalue weighted by atomic mass is 32.1. The van der Waals surface area contributed by atoms with E-state index in [4.69, 9.17) is 41.0 Å². The largest absolute Gasteiger partial charge is 0.491 e. The Kier molecular flexibility index (Phi) is 7.29. The lowest BCUT2D eigenvalue weighted by Crippen LogP contribution is -2.35. The number of aromatic nitrogens is 6. The summed E-state index contributed by atoms with van der Waals surface area (Å²) in [4.78, 5) is 20.8. The molecule has 9 rings (SSSR count). The van der Waals surface area contributed by atoms with Crippen LogP contribution in [0, 0.1) is 11.3 Å². The van der Waals surface area contributed by atoms with Gasteiger partial charge in [-0.1, -0.05) is 5.16 Å². The van der Waals surface area contributed by atoms with Gasteiger partial charge < -0.3 is 30.5 Å². The topological polar surface area (TPSA) is 174 Å². The maximum Gasteiger partial charge on any atom is 0.186 e. The van der Waals surface area contributed by atoms with Gasteiger partial charge in [0.15, 0.2) is 22.9 Å². The molecule has 7 heterocycles. The Labute approximate surface area is 294 Å². The zero-order valence-corrected chi connectivity index (χ0v) is 29.5. The number of likely N-dealkylation sites (tertiary alicyclic amines) is 1. The second-order valence-electron chi connectivity index (χ2n) is 14.3. The molecule has 5 aromatic heterocycles. The number of nitriles is 1. The van der Waals surface area contributed by atoms with Gasteiger partial charge in [-0.25, -0.2) is 19.6 Å². The van der Waals surface area contributed by atoms with E-state index in [-0.39, 0.29) is 12.1 Å². The zero-order valence-electron chi connectivity index (χ0n) is 28.6. The molecule has 5 aromatic rings. The van der Waals surface area contributed by atoms with Crippen LogP contribution >= 0.6 is 11.3 Å². The minimum absolute atomic E-state index is 0.0877. The number of nitrogen functional groups attached to an aromatic ring is 2. The molecule has 50 heavy (non-hydrogen) atoms. The molecule has 0 bridgehead atoms. The number of anilines is 3. The Morgan fingerprint density at radius 1 is 1.14 bits per heavy atom. The van der Waals surface area contributed by atoms with E-state index in [0.29, 0.717) is 47.1 Å². The van der Waals surface area contributed by atoms with Crippen molar-refractivity contribution in [3.63, 3.8) is 0 Å². The lowest BCUT2D eigenvalue weighted by Gasteiger charge is -2.39. The van der Waals surface area contributed by atoms with E-state index in [9.17, 15) is 5.26 Å². The Hall–Kier alpha value is -4.74. The molecule has 4 aliphatic rings. The van der Waals surface area contributed by atoms with Gasteiger partial charge in [-0.3, -0.25) is 0 Å². The number of likely N-dealkylation sites (N-methyl/N-ethyl adjacent to an activating group) is 1. The number of aryl methyl sites for hydroxylation is 1. The minimum Gasteiger partial charge on any atom is -0.491 e. The van der Waals surface area contributed by atoms with Crippen molar-refractivity contribution in [3.8, 4) is 23.3 Å². The normalized spacial score (nSPS) is 24.0. The number of pyridine rings is 1. The molecule has 1 saturated heterocycles. The summed E-state index contributed by atoms with van der Waals surface area (Å²) in [7, 11) is 2.19. The third kappa shape index (κ3) is 4.48. The van der Waals surface area contributed by atoms with Gasteiger partial charge in [-0.05, 0) is 90.4 Å². The monoisotopic (exact) mass is 691 g/mol. The average Bonchev–Trinajstić information content (AvgIpc) is 3.89. The highest BCUT2D eigenvalue weighted by Crippen LogP contribution is 2.55. The molecule has 0 radical (unpaired) electrons. The minimum atomic E-state index is -0.438. The van der Waals surface area contributed by atoms with Gasteiger partial charge in [0.2, 0.25) is 0 Å². The molecule has 1 fully saturated rings. The molecule has 13 nitrogen and oxygen atoms in total. The summed E-state index contributed by atoms with van der Waals surface area (Å²) in [5.74, 6) is 3.25. The molecule has 2 aliphatic carbocycles. The number of rotatable bonds is 4. The second-order valence-corrected chi connectivity index (χ2v) is 15.5. The summed E-state index contributed by atoms with van der Waals surface area (Å²) in [6.45, 7) is 6.44. The van der Waals surface area contributed by atoms with E-state index >= 15 is 0 Å². The molecule has 1 spiro atoms. The van der Waals surface area contributed by atoms with Gasteiger partial charge in [-0.15, -0.1) is 11.3 Å². The highest BCUT2D eigenvalue weighted by molar-refractivity contribution is 7.16. The summed E-state index contributed by atoms with van der Waals surface area (Å²) < 4.78 is 14.6. The van der Waals surface area contributed by atoms with E-state index in [0.717, 1.165) is 103 Å². The van der Waals surface area contributed by atoms with E-state index in [1.807, 2.05) is 12.3 Å². The fraction of sp³-hybridized carbons (Fsp3) is 0.500. The molecule has 2 aliphatic heterocycles. The maximum atomic E-state index is 10.2. The highest BCUT2D eigenvalue weighted by Gasteiger charge is 2.49. The zero-order chi connectivity index (χ0) is 34.3. The number of ether oxygens (including phenoxy) is 1. The van der Waals surface area contributed by atoms with Crippen LogP contribution < -0.4 is 21.1 Å². The predicted octanol–water partition coefficient (Wildman–Crippen LogP) is 5.55. The lowest BCUT2D eigenvalue weighted by atomic mass is 9.63. The van der Waals surface area contributed by atoms with Crippen LogP contribution in [0.4, 0.5) is 16.6 Å². The first kappa shape index (κ1) is 31.3. The van der Waals surface area contributed by atoms with Crippen molar-refractivity contribution >= 4 is 39.0 Å². The molecular formula is C36H41N11O2S. The van der Waals surface area contributed by atoms with Crippen molar-refractivity contribution in [2.75, 3.05) is 43.1 Å². The molecule has 0 amide bonds. The van der Waals surface area contributed by atoms with Crippen LogP contribution in [-0.4, -0.2) is 67.6 Å². The number of nitrogens with two attached hydrogens (primary N) is 2. The Morgan fingerprint density at radius 3 is 2.78 bits per heavy atom. The van der Waals surface area contributed by atoms with Crippen molar-refractivity contribution in [1.29, 1.82) is 5.26 Å². The van der Waals surface area contributed by atoms with Crippen molar-refractivity contribution in [3.05, 3.63) is 51.4 Å². The van der Waals surface area contributed by atoms with Crippen molar-refractivity contribution in [1.82, 2.24) is 34.8 Å². The summed E-state index contributed by atoms with van der Waals surface area (Å²) in [5.41, 5.74) is 17.3. The van der Waals surface area contributed by atoms with Crippen LogP contribution in [0.5, 0.6) is 5.75 Å². The van der Waals surface area contributed by atoms with E-state index in [2.05, 4.69) is 46.4 Å². The van der Waals surface area contributed by atoms with Crippen LogP contribution in [0.3, 0.4) is 0 Å². The molecule has 4 atom stereocenters. The first-order valence-electron chi connectivity index (χ1n) is 17.7. The van der Waals surface area contributed by atoms with Crippen LogP contribution in [0.2, 0.25) is 0 Å². The molecule has 14 heteroatoms. The Bertz CT molecular complexity index is 2180. The number of nitrogens with zero attached hydrogens (tertiary/aromatic N) is 9. The lowest BCUT2D eigenvalue weighted by molar-refractivity contribution is 0.232. The molecule has 258 valence electrons. The first-order chi connectivity index (χ1) is 24.3. The SMILES string of the molecule is C[C@H]1c2c(ccnc2N)OCCN1c1nc(-c2noc3c2CCC[C@@]32CCCc3sc(N)c(C#N)c32)nc2c1cnn2[C@@H](C)[C@@H]1CCCN1C. The van der Waals surface area contributed by atoms with Crippen LogP contribution in [-0.2, 0) is 18.3 Å². The van der Waals surface area contributed by atoms with Gasteiger partial charge >= 0.3 is 0 Å². The Balaban J connectivity index is 1.23. The summed E-state index contributed by atoms with van der Waals surface area (Å²) in [6, 6.07) is 4.55. The molecule has 0 saturated carbocycles. The van der Waals surface area contributed by atoms with E-state index < -0.39 is 5.41 Å². The number of hydrogen-bond acceptors (Lipinski definition) is 13. The quantitative estimate of drug-likeness (QED) is 0.241. The second kappa shape index (κ2) is 11.7. The van der Waals surface area contributed by atoms with Crippen molar-refractivity contribution < 1.29 is 9.26 Å². The molecule has 0 aromatic carbocycles. The standard InChI is InChI=1S/C36H41N11O2S/c1-19(24-8-6-14-45(24)3)47-35-23(18-41-47)34(46-15-16-48-25-10-13-40-31(38)27(25)20(46)2)42-33(43-35)29-21-7-4-11-36(30(21)49-44-29)12-5-9-26-28(36)22(17-37)32(39)50-26/h10,13,18-20,24H,4-9,11-12,14-16,39H2,1-3H3,(H2,38,40)/t19-,20-,24-,36-/m0/s1. The van der Waals surface area contributed by atoms with Crippen molar-refractivity contribution in [2.24, 2.45) is 0 Å². The van der Waals surface area contributed by atoms with Gasteiger partial charge in [0.25, 0.3) is 0 Å². The third-order valence-corrected chi connectivity index (χ3v) is 12.8. The van der Waals surface area contributed by atoms with E-state index in [1.54, 1.807) is 17.5 Å². The van der Waals surface area contributed by atoms with Gasteiger partial charge in [0.05, 0.1) is 46.8 Å². The van der Waals surface area contributed by atoms with Crippen LogP contribution in [0.1, 0.15) is 97.3 Å². The smallest absolute Gasteiger partial charge is 0.186 e. The Morgan fingerprint density at radius 2 is 1.98 bits per heavy atom. The van der Waals surface area contributed by atoms with E-state index in [1.165, 1.54) is 4.88 Å². The number of fused-ring (bicyclic) bond motifs is 6. The molecular weight excluding hydrogens is 651 g/mol. The first-order valence-corrected chi connectivity index (χ1v) is 18.5. The van der Waals surface area contributed by atoms with Crippen LogP contribution in [0.15, 0.2) is 23.0 Å². The fourth-order valence-electron chi connectivity index (χ4n) is 9.37. The average molecular weight is 692 g/mol. The predicted molar refractivity (Wildman–Crippen MR) is 191 cm³/mol. The summed E-state index contributed by atoms with van der Waals surface area (Å²) in [5, 5.41) is 21.4. The number of hydrogen-bond donors (Lipinski definition) is 2. The van der Waals surface area contributed by atoms with Crippen LogP contribution in [0.25, 0.3) is 22.6 Å². The third-order valence-electron chi connectivity index (χ3n) is 11.8. The van der Waals surface area contributed by atoms with Gasteiger partial charge in [0.1, 0.15) is 35.1 Å². The van der Waals surface area contributed by atoms with Gasteiger partial charge in [-0.2, -0.15) is 10.4 Å². The molecule has 4 N–H and O–H groups in total. The fourth-order valence-corrected chi connectivity index (χ4v) is 10.5.